The Kier molecular flexibility index (Phi) is 3.71. The van der Waals surface area contributed by atoms with Crippen molar-refractivity contribution in [2.45, 2.75) is 12.1 Å². The molecule has 2 aromatic carbocycles. The first kappa shape index (κ1) is 14.5. The van der Waals surface area contributed by atoms with Crippen LogP contribution in [0.3, 0.4) is 0 Å². The Bertz CT molecular complexity index is 916. The summed E-state index contributed by atoms with van der Waals surface area (Å²) in [5.41, 5.74) is 7.82. The lowest BCUT2D eigenvalue weighted by atomic mass is 10.1. The molecule has 0 radical (unpaired) electrons. The maximum Gasteiger partial charge on any atom is 0.214 e. The van der Waals surface area contributed by atoms with Crippen molar-refractivity contribution in [3.63, 3.8) is 0 Å². The molecule has 0 unspecified atom stereocenters. The second-order valence-electron chi connectivity index (χ2n) is 5.23. The molecule has 0 saturated carbocycles. The van der Waals surface area contributed by atoms with Crippen molar-refractivity contribution in [3.8, 4) is 11.4 Å². The van der Waals surface area contributed by atoms with Gasteiger partial charge in [0.15, 0.2) is 5.82 Å². The number of halogens is 1. The molecule has 1 aliphatic rings. The first-order valence-electron chi connectivity index (χ1n) is 7.13. The van der Waals surface area contributed by atoms with Crippen molar-refractivity contribution in [2.75, 3.05) is 5.43 Å². The molecule has 0 spiro atoms. The maximum atomic E-state index is 4.36. The van der Waals surface area contributed by atoms with E-state index in [1.54, 1.807) is 11.8 Å². The predicted molar refractivity (Wildman–Crippen MR) is 97.5 cm³/mol. The van der Waals surface area contributed by atoms with Crippen molar-refractivity contribution in [1.29, 1.82) is 0 Å². The van der Waals surface area contributed by atoms with Gasteiger partial charge < -0.3 is 0 Å². The van der Waals surface area contributed by atoms with Gasteiger partial charge in [0.25, 0.3) is 0 Å². The van der Waals surface area contributed by atoms with Crippen LogP contribution in [0, 0.1) is 6.92 Å². The van der Waals surface area contributed by atoms with Gasteiger partial charge in [-0.05, 0) is 24.6 Å². The molecule has 4 rings (SSSR count). The van der Waals surface area contributed by atoms with Gasteiger partial charge in [0, 0.05) is 21.0 Å². The highest BCUT2D eigenvalue weighted by Gasteiger charge is 2.20. The third-order valence-corrected chi connectivity index (χ3v) is 4.99. The normalized spacial score (nSPS) is 13.2. The van der Waals surface area contributed by atoms with Crippen molar-refractivity contribution in [3.05, 3.63) is 69.5 Å². The SMILES string of the molecule is Cc1ccccc1-c1nnc2n1NC(c1cccc(Br)c1)=CS2. The van der Waals surface area contributed by atoms with Gasteiger partial charge >= 0.3 is 0 Å². The van der Waals surface area contributed by atoms with Gasteiger partial charge in [-0.25, -0.2) is 4.68 Å². The van der Waals surface area contributed by atoms with Crippen LogP contribution >= 0.6 is 27.7 Å². The van der Waals surface area contributed by atoms with Crippen LogP contribution in [0.4, 0.5) is 0 Å². The van der Waals surface area contributed by atoms with Gasteiger partial charge in [-0.2, -0.15) is 0 Å². The zero-order valence-corrected chi connectivity index (χ0v) is 14.7. The summed E-state index contributed by atoms with van der Waals surface area (Å²) in [6.07, 6.45) is 0. The van der Waals surface area contributed by atoms with Crippen LogP contribution in [0.15, 0.2) is 63.6 Å². The average Bonchev–Trinajstić information content (AvgIpc) is 2.98. The summed E-state index contributed by atoms with van der Waals surface area (Å²) in [5.74, 6) is 0.825. The van der Waals surface area contributed by atoms with E-state index in [4.69, 9.17) is 0 Å². The van der Waals surface area contributed by atoms with Gasteiger partial charge in [0.2, 0.25) is 5.16 Å². The Morgan fingerprint density at radius 3 is 2.78 bits per heavy atom. The molecule has 1 aromatic heterocycles. The lowest BCUT2D eigenvalue weighted by molar-refractivity contribution is 0.825. The van der Waals surface area contributed by atoms with Gasteiger partial charge in [0.1, 0.15) is 0 Å². The fraction of sp³-hybridized carbons (Fsp3) is 0.0588. The van der Waals surface area contributed by atoms with Gasteiger partial charge in [-0.1, -0.05) is 64.1 Å². The summed E-state index contributed by atoms with van der Waals surface area (Å²) >= 11 is 5.09. The molecular formula is C17H13BrN4S. The van der Waals surface area contributed by atoms with E-state index in [1.165, 1.54) is 5.56 Å². The number of benzene rings is 2. The van der Waals surface area contributed by atoms with E-state index >= 15 is 0 Å². The lowest BCUT2D eigenvalue weighted by Gasteiger charge is -2.19. The Labute approximate surface area is 146 Å². The Hall–Kier alpha value is -2.05. The van der Waals surface area contributed by atoms with Crippen LogP contribution in [0.2, 0.25) is 0 Å². The fourth-order valence-electron chi connectivity index (χ4n) is 2.49. The summed E-state index contributed by atoms with van der Waals surface area (Å²) in [7, 11) is 0. The third kappa shape index (κ3) is 2.68. The first-order valence-corrected chi connectivity index (χ1v) is 8.81. The zero-order chi connectivity index (χ0) is 15.8. The van der Waals surface area contributed by atoms with Crippen LogP contribution in [-0.4, -0.2) is 14.9 Å². The third-order valence-electron chi connectivity index (χ3n) is 3.67. The zero-order valence-electron chi connectivity index (χ0n) is 12.3. The summed E-state index contributed by atoms with van der Waals surface area (Å²) in [4.78, 5) is 0. The van der Waals surface area contributed by atoms with E-state index in [0.29, 0.717) is 0 Å². The Morgan fingerprint density at radius 2 is 1.96 bits per heavy atom. The minimum absolute atomic E-state index is 0.825. The number of aromatic nitrogens is 3. The average molecular weight is 385 g/mol. The van der Waals surface area contributed by atoms with E-state index in [0.717, 1.165) is 32.3 Å². The van der Waals surface area contributed by atoms with E-state index < -0.39 is 0 Å². The van der Waals surface area contributed by atoms with Gasteiger partial charge in [-0.15, -0.1) is 10.2 Å². The predicted octanol–water partition coefficient (Wildman–Crippen LogP) is 4.66. The van der Waals surface area contributed by atoms with E-state index in [-0.39, 0.29) is 0 Å². The summed E-state index contributed by atoms with van der Waals surface area (Å²) in [6, 6.07) is 16.4. The summed E-state index contributed by atoms with van der Waals surface area (Å²) < 4.78 is 3.00. The number of nitrogens with one attached hydrogen (secondary N) is 1. The molecule has 0 aliphatic carbocycles. The maximum absolute atomic E-state index is 4.36. The second-order valence-corrected chi connectivity index (χ2v) is 6.98. The topological polar surface area (TPSA) is 42.7 Å². The summed E-state index contributed by atoms with van der Waals surface area (Å²) in [6.45, 7) is 2.08. The number of nitrogens with zero attached hydrogens (tertiary/aromatic N) is 3. The molecule has 2 heterocycles. The van der Waals surface area contributed by atoms with Crippen molar-refractivity contribution < 1.29 is 0 Å². The van der Waals surface area contributed by atoms with Crippen LogP contribution < -0.4 is 5.43 Å². The first-order chi connectivity index (χ1) is 11.2. The second kappa shape index (κ2) is 5.86. The quantitative estimate of drug-likeness (QED) is 0.697. The number of rotatable bonds is 2. The Balaban J connectivity index is 1.74. The molecule has 4 nitrogen and oxygen atoms in total. The van der Waals surface area contributed by atoms with E-state index in [1.807, 2.05) is 28.9 Å². The monoisotopic (exact) mass is 384 g/mol. The minimum atomic E-state index is 0.825. The number of hydrogen-bond donors (Lipinski definition) is 1. The fourth-order valence-corrected chi connectivity index (χ4v) is 3.63. The molecule has 0 saturated heterocycles. The number of thioether (sulfide) groups is 1. The molecule has 1 N–H and O–H groups in total. The van der Waals surface area contributed by atoms with E-state index in [2.05, 4.69) is 68.2 Å². The molecule has 0 fully saturated rings. The highest BCUT2D eigenvalue weighted by Crippen LogP contribution is 2.32. The molecule has 23 heavy (non-hydrogen) atoms. The highest BCUT2D eigenvalue weighted by atomic mass is 79.9. The summed E-state index contributed by atoms with van der Waals surface area (Å²) in [5, 5.41) is 11.5. The molecular weight excluding hydrogens is 372 g/mol. The highest BCUT2D eigenvalue weighted by molar-refractivity contribution is 9.10. The molecule has 6 heteroatoms. The number of aryl methyl sites for hydroxylation is 1. The smallest absolute Gasteiger partial charge is 0.214 e. The van der Waals surface area contributed by atoms with Gasteiger partial charge in [-0.3, -0.25) is 5.43 Å². The van der Waals surface area contributed by atoms with Crippen molar-refractivity contribution in [2.24, 2.45) is 0 Å². The largest absolute Gasteiger partial charge is 0.289 e. The number of hydrogen-bond acceptors (Lipinski definition) is 4. The minimum Gasteiger partial charge on any atom is -0.289 e. The number of fused-ring (bicyclic) bond motifs is 1. The lowest BCUT2D eigenvalue weighted by Crippen LogP contribution is -2.18. The van der Waals surface area contributed by atoms with Crippen LogP contribution in [-0.2, 0) is 0 Å². The molecule has 114 valence electrons. The van der Waals surface area contributed by atoms with Gasteiger partial charge in [0.05, 0.1) is 5.70 Å². The standard InChI is InChI=1S/C17H13BrN4S/c1-11-5-2-3-8-14(11)16-19-20-17-22(16)21-15(10-23-17)12-6-4-7-13(18)9-12/h2-10,21H,1H3. The van der Waals surface area contributed by atoms with Crippen LogP contribution in [0.1, 0.15) is 11.1 Å². The van der Waals surface area contributed by atoms with Crippen LogP contribution in [0.5, 0.6) is 0 Å². The van der Waals surface area contributed by atoms with Crippen LogP contribution in [0.25, 0.3) is 17.1 Å². The molecule has 0 atom stereocenters. The van der Waals surface area contributed by atoms with E-state index in [9.17, 15) is 0 Å². The molecule has 3 aromatic rings. The molecule has 1 aliphatic heterocycles. The molecule has 0 amide bonds. The van der Waals surface area contributed by atoms with Crippen molar-refractivity contribution in [1.82, 2.24) is 14.9 Å². The van der Waals surface area contributed by atoms with Crippen molar-refractivity contribution >= 4 is 33.4 Å². The molecule has 0 bridgehead atoms. The Morgan fingerprint density at radius 1 is 1.09 bits per heavy atom.